The number of aliphatic hydroxyl groups excluding tert-OH is 1. The van der Waals surface area contributed by atoms with Crippen LogP contribution in [0.25, 0.3) is 0 Å². The van der Waals surface area contributed by atoms with E-state index in [0.717, 1.165) is 13.1 Å². The fraction of sp³-hybridized carbons (Fsp3) is 0.500. The summed E-state index contributed by atoms with van der Waals surface area (Å²) in [6.45, 7) is 2.32. The Morgan fingerprint density at radius 3 is 2.67 bits per heavy atom. The van der Waals surface area contributed by atoms with Gasteiger partial charge in [0.25, 0.3) is 5.56 Å². The van der Waals surface area contributed by atoms with E-state index in [0.29, 0.717) is 4.57 Å². The number of nitrogens with one attached hydrogen (secondary N) is 2. The second-order valence-electron chi connectivity index (χ2n) is 8.47. The van der Waals surface area contributed by atoms with Gasteiger partial charge in [0.05, 0.1) is 16.8 Å². The molecule has 2 heterocycles. The van der Waals surface area contributed by atoms with Gasteiger partial charge in [-0.15, -0.1) is 0 Å². The van der Waals surface area contributed by atoms with Crippen molar-refractivity contribution in [1.82, 2.24) is 14.6 Å². The molecule has 1 aliphatic rings. The molecule has 0 radical (unpaired) electrons. The Morgan fingerprint density at radius 1 is 1.36 bits per heavy atom. The molecule has 1 aromatic carbocycles. The summed E-state index contributed by atoms with van der Waals surface area (Å²) in [7, 11) is -4.80. The highest BCUT2D eigenvalue weighted by Crippen LogP contribution is 2.46. The van der Waals surface area contributed by atoms with Crippen LogP contribution in [0.4, 0.5) is 0 Å². The van der Waals surface area contributed by atoms with E-state index in [4.69, 9.17) is 22.6 Å². The second-order valence-corrected chi connectivity index (χ2v) is 10.1. The van der Waals surface area contributed by atoms with Crippen LogP contribution >= 0.6 is 7.75 Å². The van der Waals surface area contributed by atoms with Crippen LogP contribution in [0.3, 0.4) is 0 Å². The summed E-state index contributed by atoms with van der Waals surface area (Å²) >= 11 is 0. The molecule has 0 aliphatic carbocycles. The molecular formula is C22H30N3O10P. The molecule has 0 amide bonds. The van der Waals surface area contributed by atoms with Crippen molar-refractivity contribution in [3.63, 3.8) is 0 Å². The molecule has 1 aliphatic heterocycles. The summed E-state index contributed by atoms with van der Waals surface area (Å²) in [4.78, 5) is 38.1. The number of nitrogens with zero attached hydrogens (tertiary/aromatic N) is 1. The first-order valence-corrected chi connectivity index (χ1v) is 12.4. The van der Waals surface area contributed by atoms with Gasteiger partial charge in [-0.2, -0.15) is 5.09 Å². The number of carbonyl (C=O) groups is 1. The van der Waals surface area contributed by atoms with E-state index in [-0.39, 0.29) is 5.75 Å². The minimum Gasteiger partial charge on any atom is -0.462 e. The number of benzene rings is 1. The molecular weight excluding hydrogens is 497 g/mol. The van der Waals surface area contributed by atoms with Gasteiger partial charge < -0.3 is 24.2 Å². The molecule has 0 spiro atoms. The molecule has 13 nitrogen and oxygen atoms in total. The Morgan fingerprint density at radius 2 is 2.03 bits per heavy atom. The fourth-order valence-electron chi connectivity index (χ4n) is 3.24. The Balaban J connectivity index is 1.94. The van der Waals surface area contributed by atoms with Gasteiger partial charge in [0.1, 0.15) is 29.6 Å². The Kier molecular flexibility index (Phi) is 7.26. The van der Waals surface area contributed by atoms with E-state index in [9.17, 15) is 29.2 Å². The van der Waals surface area contributed by atoms with Crippen LogP contribution in [0, 0.1) is 0 Å². The molecule has 1 unspecified atom stereocenters. The van der Waals surface area contributed by atoms with E-state index in [1.807, 2.05) is 4.98 Å². The third-order valence-electron chi connectivity index (χ3n) is 5.02. The van der Waals surface area contributed by atoms with Crippen molar-refractivity contribution >= 4 is 13.7 Å². The van der Waals surface area contributed by atoms with Gasteiger partial charge in [0.15, 0.2) is 6.23 Å². The van der Waals surface area contributed by atoms with E-state index >= 15 is 0 Å². The van der Waals surface area contributed by atoms with Gasteiger partial charge in [-0.25, -0.2) is 9.36 Å². The number of ether oxygens (including phenoxy) is 2. The van der Waals surface area contributed by atoms with Crippen LogP contribution in [0.15, 0.2) is 52.2 Å². The van der Waals surface area contributed by atoms with E-state index in [2.05, 4.69) is 5.09 Å². The third-order valence-corrected chi connectivity index (χ3v) is 6.52. The summed E-state index contributed by atoms with van der Waals surface area (Å²) in [6.07, 6.45) is -5.73. The standard InChI is InChI=1S/C22H30N3O10P/c1-13(2)33-19(28)14(3)24-36(31,35-15-8-6-5-7-9-15)32-12-16-18(27)22(4,30)20(34-16)25-11-10-17(26)23-21(25)29/h5-11,13-14,16,18,20,27,30H,12H2,1-4H3,(H,24,31)(H,23,26,29)/t14-,16+,18+,20+,22+,36?/m0/s1/i10D,12D2. The molecule has 2 aromatic rings. The molecule has 1 fully saturated rings. The summed E-state index contributed by atoms with van der Waals surface area (Å²) in [5.41, 5.74) is -4.48. The lowest BCUT2D eigenvalue weighted by Crippen LogP contribution is -2.47. The molecule has 1 saturated heterocycles. The number of aliphatic hydroxyl groups is 2. The minimum atomic E-state index is -4.80. The predicted molar refractivity (Wildman–Crippen MR) is 126 cm³/mol. The van der Waals surface area contributed by atoms with Crippen molar-refractivity contribution < 1.29 is 42.2 Å². The molecule has 4 N–H and O–H groups in total. The number of hydrogen-bond donors (Lipinski definition) is 4. The number of carbonyl (C=O) groups excluding carboxylic acids is 1. The van der Waals surface area contributed by atoms with E-state index < -0.39 is 73.7 Å². The number of aromatic nitrogens is 2. The number of rotatable bonds is 10. The lowest BCUT2D eigenvalue weighted by Gasteiger charge is -2.27. The first-order chi connectivity index (χ1) is 18.0. The molecule has 3 rings (SSSR count). The van der Waals surface area contributed by atoms with E-state index in [1.54, 1.807) is 32.0 Å². The molecule has 6 atom stereocenters. The quantitative estimate of drug-likeness (QED) is 0.251. The molecule has 1 aromatic heterocycles. The monoisotopic (exact) mass is 530 g/mol. The van der Waals surface area contributed by atoms with Gasteiger partial charge >= 0.3 is 19.4 Å². The summed E-state index contributed by atoms with van der Waals surface area (Å²) in [5.74, 6) is -0.857. The van der Waals surface area contributed by atoms with Crippen molar-refractivity contribution in [1.29, 1.82) is 0 Å². The zero-order valence-corrected chi connectivity index (χ0v) is 20.8. The van der Waals surface area contributed by atoms with Crippen LogP contribution in [0.2, 0.25) is 0 Å². The predicted octanol–water partition coefficient (Wildman–Crippen LogP) is 0.679. The van der Waals surface area contributed by atoms with Gasteiger partial charge in [0, 0.05) is 12.2 Å². The summed E-state index contributed by atoms with van der Waals surface area (Å²) in [6, 6.07) is 5.54. The average molecular weight is 530 g/mol. The molecule has 0 bridgehead atoms. The van der Waals surface area contributed by atoms with Gasteiger partial charge in [-0.05, 0) is 39.8 Å². The lowest BCUT2D eigenvalue weighted by molar-refractivity contribution is -0.149. The first-order valence-electron chi connectivity index (χ1n) is 12.4. The second kappa shape index (κ2) is 11.1. The van der Waals surface area contributed by atoms with Gasteiger partial charge in [-0.1, -0.05) is 18.2 Å². The molecule has 14 heteroatoms. The van der Waals surface area contributed by atoms with Crippen molar-refractivity contribution in [3.05, 3.63) is 63.4 Å². The number of esters is 1. The largest absolute Gasteiger partial charge is 0.462 e. The zero-order chi connectivity index (χ0) is 29.3. The van der Waals surface area contributed by atoms with Crippen LogP contribution in [-0.4, -0.2) is 62.2 Å². The van der Waals surface area contributed by atoms with Gasteiger partial charge in [-0.3, -0.25) is 23.7 Å². The van der Waals surface area contributed by atoms with Crippen molar-refractivity contribution in [2.75, 3.05) is 6.56 Å². The maximum Gasteiger partial charge on any atom is 0.459 e. The molecule has 36 heavy (non-hydrogen) atoms. The Bertz CT molecular complexity index is 1350. The minimum absolute atomic E-state index is 0.0194. The highest BCUT2D eigenvalue weighted by atomic mass is 31.2. The smallest absolute Gasteiger partial charge is 0.459 e. The van der Waals surface area contributed by atoms with E-state index in [1.165, 1.54) is 19.1 Å². The lowest BCUT2D eigenvalue weighted by atomic mass is 9.96. The molecule has 198 valence electrons. The number of hydrogen-bond acceptors (Lipinski definition) is 10. The van der Waals surface area contributed by atoms with Crippen LogP contribution < -0.4 is 20.9 Å². The average Bonchev–Trinajstić information content (AvgIpc) is 3.05. The highest BCUT2D eigenvalue weighted by molar-refractivity contribution is 7.52. The normalized spacial score (nSPS) is 28.0. The topological polar surface area (TPSA) is 178 Å². The van der Waals surface area contributed by atoms with Crippen molar-refractivity contribution in [2.45, 2.75) is 63.9 Å². The number of para-hydroxylation sites is 1. The Hall–Kier alpha value is -2.80. The highest BCUT2D eigenvalue weighted by Gasteiger charge is 2.54. The van der Waals surface area contributed by atoms with Crippen molar-refractivity contribution in [3.8, 4) is 5.75 Å². The molecule has 0 saturated carbocycles. The van der Waals surface area contributed by atoms with Gasteiger partial charge in [0.2, 0.25) is 0 Å². The Labute approximate surface area is 210 Å². The van der Waals surface area contributed by atoms with Crippen molar-refractivity contribution in [2.24, 2.45) is 0 Å². The SMILES string of the molecule is [2H]c1cn([C@@H]2O[C@H](C([2H])([2H])OP(=O)(N[C@@H](C)C(=O)OC(C)C)Oc3ccccc3)[C@@H](O)[C@@]2(C)O)c(=O)[nH]c1=O. The third kappa shape index (κ3) is 6.49. The number of aromatic amines is 1. The maximum absolute atomic E-state index is 13.8. The fourth-order valence-corrected chi connectivity index (χ4v) is 4.60. The van der Waals surface area contributed by atoms with Crippen LogP contribution in [-0.2, 0) is 23.4 Å². The summed E-state index contributed by atoms with van der Waals surface area (Å²) in [5, 5.41) is 24.0. The van der Waals surface area contributed by atoms with Crippen LogP contribution in [0.1, 0.15) is 38.0 Å². The zero-order valence-electron chi connectivity index (χ0n) is 22.9. The maximum atomic E-state index is 13.8. The van der Waals surface area contributed by atoms with Crippen LogP contribution in [0.5, 0.6) is 5.75 Å². The number of H-pyrrole nitrogens is 1. The first kappa shape index (κ1) is 23.6. The summed E-state index contributed by atoms with van der Waals surface area (Å²) < 4.78 is 60.2.